The predicted molar refractivity (Wildman–Crippen MR) is 94.1 cm³/mol. The van der Waals surface area contributed by atoms with Gasteiger partial charge in [0, 0.05) is 21.9 Å². The summed E-state index contributed by atoms with van der Waals surface area (Å²) in [5, 5.41) is 4.74. The molecule has 1 N–H and O–H groups in total. The number of hydrogen-bond donors (Lipinski definition) is 1. The molecule has 0 saturated heterocycles. The van der Waals surface area contributed by atoms with Crippen LogP contribution >= 0.6 is 11.8 Å². The molecule has 2 aliphatic rings. The van der Waals surface area contributed by atoms with Crippen molar-refractivity contribution < 1.29 is 0 Å². The van der Waals surface area contributed by atoms with Crippen LogP contribution in [0.5, 0.6) is 0 Å². The molecule has 0 radical (unpaired) electrons. The molecule has 2 aliphatic carbocycles. The van der Waals surface area contributed by atoms with Gasteiger partial charge in [-0.25, -0.2) is 0 Å². The van der Waals surface area contributed by atoms with Gasteiger partial charge >= 0.3 is 0 Å². The Balaban J connectivity index is 1.71. The SMILES string of the molecule is CC1CCCC(C)C1Nc1ccccc1SC1CCCC1. The van der Waals surface area contributed by atoms with Crippen molar-refractivity contribution in [2.24, 2.45) is 11.8 Å². The maximum absolute atomic E-state index is 3.90. The van der Waals surface area contributed by atoms with E-state index in [0.29, 0.717) is 6.04 Å². The van der Waals surface area contributed by atoms with Crippen LogP contribution in [0.2, 0.25) is 0 Å². The van der Waals surface area contributed by atoms with Crippen molar-refractivity contribution in [3.05, 3.63) is 24.3 Å². The normalized spacial score (nSPS) is 30.5. The molecule has 2 atom stereocenters. The van der Waals surface area contributed by atoms with Crippen LogP contribution in [-0.2, 0) is 0 Å². The van der Waals surface area contributed by atoms with Crippen LogP contribution < -0.4 is 5.32 Å². The Bertz CT molecular complexity index is 443. The Hall–Kier alpha value is -0.630. The predicted octanol–water partition coefficient (Wildman–Crippen LogP) is 5.96. The Kier molecular flexibility index (Phi) is 5.15. The lowest BCUT2D eigenvalue weighted by Crippen LogP contribution is -2.37. The van der Waals surface area contributed by atoms with Gasteiger partial charge in [0.15, 0.2) is 0 Å². The van der Waals surface area contributed by atoms with E-state index in [1.165, 1.54) is 55.5 Å². The average molecular weight is 304 g/mol. The van der Waals surface area contributed by atoms with Crippen molar-refractivity contribution in [2.45, 2.75) is 75.0 Å². The first-order chi connectivity index (χ1) is 10.2. The Morgan fingerprint density at radius 2 is 1.57 bits per heavy atom. The quantitative estimate of drug-likeness (QED) is 0.736. The van der Waals surface area contributed by atoms with Crippen molar-refractivity contribution in [3.63, 3.8) is 0 Å². The van der Waals surface area contributed by atoms with Crippen LogP contribution in [0.4, 0.5) is 5.69 Å². The molecule has 21 heavy (non-hydrogen) atoms. The monoisotopic (exact) mass is 303 g/mol. The average Bonchev–Trinajstić information content (AvgIpc) is 2.98. The first kappa shape index (κ1) is 15.3. The van der Waals surface area contributed by atoms with Crippen LogP contribution in [0.25, 0.3) is 0 Å². The third-order valence-electron chi connectivity index (χ3n) is 5.35. The van der Waals surface area contributed by atoms with Crippen molar-refractivity contribution in [1.82, 2.24) is 0 Å². The molecule has 0 aromatic heterocycles. The van der Waals surface area contributed by atoms with E-state index in [2.05, 4.69) is 55.2 Å². The Labute approximate surface area is 134 Å². The number of anilines is 1. The summed E-state index contributed by atoms with van der Waals surface area (Å²) in [6.07, 6.45) is 9.79. The number of hydrogen-bond acceptors (Lipinski definition) is 2. The fraction of sp³-hybridized carbons (Fsp3) is 0.684. The standard InChI is InChI=1S/C19H29NS/c1-14-8-7-9-15(2)19(14)20-17-12-5-6-13-18(17)21-16-10-3-4-11-16/h5-6,12-16,19-20H,3-4,7-11H2,1-2H3. The van der Waals surface area contributed by atoms with Gasteiger partial charge in [-0.1, -0.05) is 45.2 Å². The smallest absolute Gasteiger partial charge is 0.0480 e. The van der Waals surface area contributed by atoms with Gasteiger partial charge in [-0.2, -0.15) is 0 Å². The summed E-state index contributed by atoms with van der Waals surface area (Å²) in [7, 11) is 0. The third kappa shape index (κ3) is 3.77. The maximum Gasteiger partial charge on any atom is 0.0480 e. The number of para-hydroxylation sites is 1. The Morgan fingerprint density at radius 1 is 0.905 bits per heavy atom. The highest BCUT2D eigenvalue weighted by Crippen LogP contribution is 2.39. The molecule has 2 saturated carbocycles. The molecule has 116 valence electrons. The van der Waals surface area contributed by atoms with E-state index in [4.69, 9.17) is 0 Å². The van der Waals surface area contributed by atoms with Gasteiger partial charge in [0.1, 0.15) is 0 Å². The maximum atomic E-state index is 3.90. The minimum absolute atomic E-state index is 0.643. The molecule has 1 nitrogen and oxygen atoms in total. The second-order valence-electron chi connectivity index (χ2n) is 7.08. The zero-order valence-corrected chi connectivity index (χ0v) is 14.3. The van der Waals surface area contributed by atoms with Crippen LogP contribution in [-0.4, -0.2) is 11.3 Å². The molecule has 3 rings (SSSR count). The van der Waals surface area contributed by atoms with Crippen LogP contribution in [0.3, 0.4) is 0 Å². The minimum Gasteiger partial charge on any atom is -0.381 e. The summed E-state index contributed by atoms with van der Waals surface area (Å²) in [4.78, 5) is 1.47. The van der Waals surface area contributed by atoms with E-state index in [1.807, 2.05) is 0 Å². The molecule has 2 unspecified atom stereocenters. The number of benzene rings is 1. The highest BCUT2D eigenvalue weighted by atomic mass is 32.2. The first-order valence-corrected chi connectivity index (χ1v) is 9.64. The lowest BCUT2D eigenvalue weighted by atomic mass is 9.78. The second-order valence-corrected chi connectivity index (χ2v) is 8.42. The van der Waals surface area contributed by atoms with Crippen LogP contribution in [0, 0.1) is 11.8 Å². The Morgan fingerprint density at radius 3 is 2.29 bits per heavy atom. The number of rotatable bonds is 4. The molecule has 0 amide bonds. The van der Waals surface area contributed by atoms with Crippen molar-refractivity contribution >= 4 is 17.4 Å². The highest BCUT2D eigenvalue weighted by Gasteiger charge is 2.28. The van der Waals surface area contributed by atoms with E-state index in [1.54, 1.807) is 0 Å². The highest BCUT2D eigenvalue weighted by molar-refractivity contribution is 8.00. The third-order valence-corrected chi connectivity index (χ3v) is 6.76. The van der Waals surface area contributed by atoms with Crippen LogP contribution in [0.15, 0.2) is 29.2 Å². The van der Waals surface area contributed by atoms with E-state index in [9.17, 15) is 0 Å². The topological polar surface area (TPSA) is 12.0 Å². The van der Waals surface area contributed by atoms with Gasteiger partial charge < -0.3 is 5.32 Å². The summed E-state index contributed by atoms with van der Waals surface area (Å²) in [6.45, 7) is 4.83. The van der Waals surface area contributed by atoms with Crippen molar-refractivity contribution in [1.29, 1.82) is 0 Å². The summed E-state index contributed by atoms with van der Waals surface area (Å²) in [5.74, 6) is 1.58. The summed E-state index contributed by atoms with van der Waals surface area (Å²) in [5.41, 5.74) is 1.38. The van der Waals surface area contributed by atoms with Gasteiger partial charge in [0.25, 0.3) is 0 Å². The zero-order valence-electron chi connectivity index (χ0n) is 13.5. The molecule has 2 heteroatoms. The molecule has 0 aliphatic heterocycles. The molecule has 0 heterocycles. The van der Waals surface area contributed by atoms with E-state index in [-0.39, 0.29) is 0 Å². The minimum atomic E-state index is 0.643. The van der Waals surface area contributed by atoms with Gasteiger partial charge in [0.2, 0.25) is 0 Å². The van der Waals surface area contributed by atoms with Gasteiger partial charge in [0.05, 0.1) is 0 Å². The molecule has 2 fully saturated rings. The lowest BCUT2D eigenvalue weighted by molar-refractivity contribution is 0.268. The summed E-state index contributed by atoms with van der Waals surface area (Å²) in [6, 6.07) is 9.61. The lowest BCUT2D eigenvalue weighted by Gasteiger charge is -2.36. The van der Waals surface area contributed by atoms with E-state index < -0.39 is 0 Å². The van der Waals surface area contributed by atoms with Crippen molar-refractivity contribution in [2.75, 3.05) is 5.32 Å². The second kappa shape index (κ2) is 7.09. The summed E-state index contributed by atoms with van der Waals surface area (Å²) < 4.78 is 0. The number of nitrogens with one attached hydrogen (secondary N) is 1. The van der Waals surface area contributed by atoms with E-state index in [0.717, 1.165) is 17.1 Å². The zero-order chi connectivity index (χ0) is 14.7. The molecule has 1 aromatic rings. The molecule has 0 bridgehead atoms. The van der Waals surface area contributed by atoms with Crippen molar-refractivity contribution in [3.8, 4) is 0 Å². The fourth-order valence-electron chi connectivity index (χ4n) is 4.02. The first-order valence-electron chi connectivity index (χ1n) is 8.76. The molecular formula is C19H29NS. The molecule has 0 spiro atoms. The van der Waals surface area contributed by atoms with E-state index >= 15 is 0 Å². The fourth-order valence-corrected chi connectivity index (χ4v) is 5.36. The van der Waals surface area contributed by atoms with Gasteiger partial charge in [-0.3, -0.25) is 0 Å². The largest absolute Gasteiger partial charge is 0.381 e. The van der Waals surface area contributed by atoms with Gasteiger partial charge in [-0.05, 0) is 49.7 Å². The molecule has 1 aromatic carbocycles. The van der Waals surface area contributed by atoms with Crippen LogP contribution in [0.1, 0.15) is 58.8 Å². The number of thioether (sulfide) groups is 1. The summed E-state index contributed by atoms with van der Waals surface area (Å²) >= 11 is 2.11. The molecular weight excluding hydrogens is 274 g/mol. The van der Waals surface area contributed by atoms with Gasteiger partial charge in [-0.15, -0.1) is 11.8 Å².